The molecule has 0 atom stereocenters. The smallest absolute Gasteiger partial charge is 0.227 e. The van der Waals surface area contributed by atoms with Gasteiger partial charge in [-0.25, -0.2) is 9.37 Å². The molecule has 1 aromatic carbocycles. The Morgan fingerprint density at radius 2 is 1.67 bits per heavy atom. The molecule has 0 radical (unpaired) electrons. The highest BCUT2D eigenvalue weighted by Gasteiger charge is 2.28. The summed E-state index contributed by atoms with van der Waals surface area (Å²) < 4.78 is 14.2. The Kier molecular flexibility index (Phi) is 5.56. The second kappa shape index (κ2) is 8.47. The van der Waals surface area contributed by atoms with Gasteiger partial charge in [0.25, 0.3) is 0 Å². The van der Waals surface area contributed by atoms with E-state index in [2.05, 4.69) is 26.6 Å². The second-order valence-electron chi connectivity index (χ2n) is 8.81. The summed E-state index contributed by atoms with van der Waals surface area (Å²) in [5, 5.41) is 0. The van der Waals surface area contributed by atoms with Crippen molar-refractivity contribution in [1.29, 1.82) is 0 Å². The average molecular weight is 411 g/mol. The fraction of sp³-hybridized carbons (Fsp3) is 0.565. The van der Waals surface area contributed by atoms with Gasteiger partial charge in [0.05, 0.1) is 5.69 Å². The number of hydrogen-bond acceptors (Lipinski definition) is 6. The highest BCUT2D eigenvalue weighted by molar-refractivity contribution is 5.55. The van der Waals surface area contributed by atoms with E-state index in [1.165, 1.54) is 24.1 Å². The number of anilines is 2. The van der Waals surface area contributed by atoms with Gasteiger partial charge < -0.3 is 14.7 Å². The molecule has 0 N–H and O–H groups in total. The standard InChI is InChI=1S/C23H31FN6/c1-27-12-14-29(15-13-27)22-19-17-28(16-18-6-2-3-7-20(18)24)11-8-21(19)25-23(26-22)30-9-4-5-10-30/h2-3,6-7H,4-5,8-17H2,1H3. The van der Waals surface area contributed by atoms with E-state index in [0.29, 0.717) is 6.54 Å². The number of piperazine rings is 1. The van der Waals surface area contributed by atoms with Gasteiger partial charge in [0.15, 0.2) is 0 Å². The number of aromatic nitrogens is 2. The van der Waals surface area contributed by atoms with Crippen molar-refractivity contribution in [3.63, 3.8) is 0 Å². The van der Waals surface area contributed by atoms with E-state index < -0.39 is 0 Å². The number of nitrogens with zero attached hydrogens (tertiary/aromatic N) is 6. The van der Waals surface area contributed by atoms with E-state index in [4.69, 9.17) is 9.97 Å². The van der Waals surface area contributed by atoms with Gasteiger partial charge >= 0.3 is 0 Å². The summed E-state index contributed by atoms with van der Waals surface area (Å²) in [5.74, 6) is 1.89. The molecule has 0 amide bonds. The molecule has 0 unspecified atom stereocenters. The Balaban J connectivity index is 1.44. The topological polar surface area (TPSA) is 38.7 Å². The van der Waals surface area contributed by atoms with Crippen LogP contribution in [-0.4, -0.2) is 72.6 Å². The molecule has 2 fully saturated rings. The van der Waals surface area contributed by atoms with E-state index >= 15 is 0 Å². The molecule has 160 valence electrons. The zero-order valence-corrected chi connectivity index (χ0v) is 17.9. The van der Waals surface area contributed by atoms with E-state index in [1.54, 1.807) is 12.1 Å². The molecule has 6 nitrogen and oxygen atoms in total. The fourth-order valence-electron chi connectivity index (χ4n) is 4.78. The van der Waals surface area contributed by atoms with Crippen LogP contribution in [0.15, 0.2) is 24.3 Å². The molecule has 7 heteroatoms. The number of fused-ring (bicyclic) bond motifs is 1. The third kappa shape index (κ3) is 4.01. The normalized spacial score (nSPS) is 20.6. The van der Waals surface area contributed by atoms with Crippen molar-refractivity contribution in [2.45, 2.75) is 32.4 Å². The van der Waals surface area contributed by atoms with Gasteiger partial charge in [-0.2, -0.15) is 4.98 Å². The minimum atomic E-state index is -0.122. The lowest BCUT2D eigenvalue weighted by atomic mass is 10.0. The van der Waals surface area contributed by atoms with Gasteiger partial charge in [-0.3, -0.25) is 4.90 Å². The van der Waals surface area contributed by atoms with E-state index in [-0.39, 0.29) is 5.82 Å². The summed E-state index contributed by atoms with van der Waals surface area (Å²) in [6.45, 7) is 8.52. The Labute approximate surface area is 178 Å². The predicted molar refractivity (Wildman–Crippen MR) is 117 cm³/mol. The number of likely N-dealkylation sites (N-methyl/N-ethyl adjacent to an activating group) is 1. The van der Waals surface area contributed by atoms with Crippen LogP contribution in [0.2, 0.25) is 0 Å². The molecule has 2 saturated heterocycles. The first-order chi connectivity index (χ1) is 14.7. The van der Waals surface area contributed by atoms with Crippen LogP contribution in [0.5, 0.6) is 0 Å². The van der Waals surface area contributed by atoms with Crippen LogP contribution in [-0.2, 0) is 19.5 Å². The second-order valence-corrected chi connectivity index (χ2v) is 8.81. The lowest BCUT2D eigenvalue weighted by Gasteiger charge is -2.37. The van der Waals surface area contributed by atoms with Gasteiger partial charge in [-0.1, -0.05) is 18.2 Å². The SMILES string of the molecule is CN1CCN(c2nc(N3CCCC3)nc3c2CN(Cc2ccccc2F)CC3)CC1. The minimum Gasteiger partial charge on any atom is -0.354 e. The molecule has 2 aromatic rings. The van der Waals surface area contributed by atoms with Crippen LogP contribution < -0.4 is 9.80 Å². The zero-order valence-electron chi connectivity index (χ0n) is 17.9. The molecule has 3 aliphatic rings. The molecular formula is C23H31FN6. The molecule has 1 aromatic heterocycles. The van der Waals surface area contributed by atoms with Crippen molar-refractivity contribution in [2.24, 2.45) is 0 Å². The Hall–Kier alpha value is -2.25. The van der Waals surface area contributed by atoms with Crippen molar-refractivity contribution in [3.05, 3.63) is 46.9 Å². The first-order valence-electron chi connectivity index (χ1n) is 11.2. The van der Waals surface area contributed by atoms with Gasteiger partial charge in [0.1, 0.15) is 11.6 Å². The summed E-state index contributed by atoms with van der Waals surface area (Å²) >= 11 is 0. The lowest BCUT2D eigenvalue weighted by Crippen LogP contribution is -2.46. The molecule has 0 bridgehead atoms. The van der Waals surface area contributed by atoms with E-state index in [9.17, 15) is 4.39 Å². The number of rotatable bonds is 4. The third-order valence-corrected chi connectivity index (χ3v) is 6.65. The van der Waals surface area contributed by atoms with Crippen molar-refractivity contribution in [3.8, 4) is 0 Å². The van der Waals surface area contributed by atoms with E-state index in [1.807, 2.05) is 12.1 Å². The lowest BCUT2D eigenvalue weighted by molar-refractivity contribution is 0.239. The first kappa shape index (κ1) is 19.7. The Morgan fingerprint density at radius 1 is 0.900 bits per heavy atom. The van der Waals surface area contributed by atoms with Crippen molar-refractivity contribution in [1.82, 2.24) is 19.8 Å². The molecule has 0 aliphatic carbocycles. The highest BCUT2D eigenvalue weighted by Crippen LogP contribution is 2.31. The monoisotopic (exact) mass is 410 g/mol. The van der Waals surface area contributed by atoms with Crippen LogP contribution in [0.25, 0.3) is 0 Å². The van der Waals surface area contributed by atoms with Crippen LogP contribution in [0, 0.1) is 5.82 Å². The zero-order chi connectivity index (χ0) is 20.5. The average Bonchev–Trinajstić information content (AvgIpc) is 3.30. The van der Waals surface area contributed by atoms with Crippen LogP contribution >= 0.6 is 0 Å². The maximum atomic E-state index is 14.2. The highest BCUT2D eigenvalue weighted by atomic mass is 19.1. The van der Waals surface area contributed by atoms with Crippen molar-refractivity contribution in [2.75, 3.05) is 62.7 Å². The maximum Gasteiger partial charge on any atom is 0.227 e. The van der Waals surface area contributed by atoms with Crippen LogP contribution in [0.1, 0.15) is 29.7 Å². The molecule has 0 spiro atoms. The summed E-state index contributed by atoms with van der Waals surface area (Å²) in [6, 6.07) is 7.11. The van der Waals surface area contributed by atoms with Gasteiger partial charge in [0, 0.05) is 76.5 Å². The molecular weight excluding hydrogens is 379 g/mol. The van der Waals surface area contributed by atoms with Crippen molar-refractivity contribution < 1.29 is 4.39 Å². The molecule has 5 rings (SSSR count). The Morgan fingerprint density at radius 3 is 2.43 bits per heavy atom. The third-order valence-electron chi connectivity index (χ3n) is 6.65. The summed E-state index contributed by atoms with van der Waals surface area (Å²) in [5.41, 5.74) is 3.19. The largest absolute Gasteiger partial charge is 0.354 e. The predicted octanol–water partition coefficient (Wildman–Crippen LogP) is 2.53. The number of halogens is 1. The van der Waals surface area contributed by atoms with E-state index in [0.717, 1.165) is 76.1 Å². The summed E-state index contributed by atoms with van der Waals surface area (Å²) in [7, 11) is 2.18. The molecule has 30 heavy (non-hydrogen) atoms. The summed E-state index contributed by atoms with van der Waals surface area (Å²) in [4.78, 5) is 19.6. The quantitative estimate of drug-likeness (QED) is 0.771. The van der Waals surface area contributed by atoms with Gasteiger partial charge in [-0.05, 0) is 26.0 Å². The molecule has 0 saturated carbocycles. The van der Waals surface area contributed by atoms with Gasteiger partial charge in [-0.15, -0.1) is 0 Å². The van der Waals surface area contributed by atoms with Gasteiger partial charge in [0.2, 0.25) is 5.95 Å². The Bertz CT molecular complexity index is 889. The van der Waals surface area contributed by atoms with Crippen molar-refractivity contribution >= 4 is 11.8 Å². The fourth-order valence-corrected chi connectivity index (χ4v) is 4.78. The van der Waals surface area contributed by atoms with Crippen LogP contribution in [0.3, 0.4) is 0 Å². The minimum absolute atomic E-state index is 0.122. The number of benzene rings is 1. The maximum absolute atomic E-state index is 14.2. The molecule has 3 aliphatic heterocycles. The summed E-state index contributed by atoms with van der Waals surface area (Å²) in [6.07, 6.45) is 3.34. The first-order valence-corrected chi connectivity index (χ1v) is 11.2. The molecule has 4 heterocycles. The number of hydrogen-bond donors (Lipinski definition) is 0. The van der Waals surface area contributed by atoms with Crippen LogP contribution in [0.4, 0.5) is 16.2 Å².